The summed E-state index contributed by atoms with van der Waals surface area (Å²) in [7, 11) is 0. The second-order valence-corrected chi connectivity index (χ2v) is 38.8. The van der Waals surface area contributed by atoms with Crippen LogP contribution in [-0.4, -0.2) is 41.9 Å². The number of thiophene rings is 2. The molecule has 11 aromatic heterocycles. The topological polar surface area (TPSA) is 60.3 Å². The molecule has 0 amide bonds. The van der Waals surface area contributed by atoms with Crippen LogP contribution in [0.3, 0.4) is 0 Å². The van der Waals surface area contributed by atoms with Crippen molar-refractivity contribution < 1.29 is 0 Å². The molecule has 0 spiro atoms. The molecule has 11 heterocycles. The second kappa shape index (κ2) is 32.2. The highest BCUT2D eigenvalue weighted by Gasteiger charge is 2.28. The Morgan fingerprint density at radius 1 is 0.142 bits per heavy atom. The van der Waals surface area contributed by atoms with Crippen molar-refractivity contribution in [3.8, 4) is 73.2 Å². The lowest BCUT2D eigenvalue weighted by atomic mass is 10.00. The standard InChI is InChI=1S/C47H30N4.C42H26N2S.C41H25N3S/c1-4-13-33(14-5-1)49-40-21-11-10-19-37(40)45-42(49)26-27-43-46(45)38-24-22-32(30-44(38)50(43)34-15-6-2-7-16-34)31-23-25-41-39(29-31)36-20-12-28-48-47(36)51(41)35-17-8-3-9-18-35;1-3-11-29(12-4-1)43-35-17-9-7-16-33(35)41-36(43)23-24-37-42(41)34-22-20-27(25-38(34)44(37)30-13-5-2-6-14-30)28-19-21-32-31-15-8-10-18-39(31)45-40(32)26-28;1-3-10-28(11-4-1)43-33-15-8-7-14-30(33)39-34(43)21-22-35-40(39)31-19-17-26(24-36(31)44(35)29-12-5-2-6-13-29)27-18-20-32-38(25-27)45-37-16-9-23-42-41(32)37/h1-30H;1-26H;1-25H. The zero-order chi connectivity index (χ0) is 92.4. The lowest BCUT2D eigenvalue weighted by Gasteiger charge is -2.10. The zero-order valence-electron chi connectivity index (χ0n) is 76.1. The monoisotopic (exact) mass is 1830 g/mol. The highest BCUT2D eigenvalue weighted by atomic mass is 32.1. The predicted molar refractivity (Wildman–Crippen MR) is 597 cm³/mol. The highest BCUT2D eigenvalue weighted by molar-refractivity contribution is 7.26. The Kier molecular flexibility index (Phi) is 18.3. The Labute approximate surface area is 816 Å². The fourth-order valence-corrected chi connectivity index (χ4v) is 25.2. The van der Waals surface area contributed by atoms with E-state index in [-0.39, 0.29) is 0 Å². The van der Waals surface area contributed by atoms with Gasteiger partial charge >= 0.3 is 0 Å². The number of hydrogen-bond donors (Lipinski definition) is 0. The van der Waals surface area contributed by atoms with Gasteiger partial charge in [0.1, 0.15) is 5.65 Å². The lowest BCUT2D eigenvalue weighted by Crippen LogP contribution is -1.95. The molecule has 0 N–H and O–H groups in total. The number of aromatic nitrogens is 9. The van der Waals surface area contributed by atoms with Gasteiger partial charge in [0.05, 0.1) is 81.9 Å². The molecule has 0 bridgehead atoms. The summed E-state index contributed by atoms with van der Waals surface area (Å²) in [5, 5.41) is 21.5. The highest BCUT2D eigenvalue weighted by Crippen LogP contribution is 2.50. The molecule has 0 saturated heterocycles. The van der Waals surface area contributed by atoms with Gasteiger partial charge < -0.3 is 27.4 Å². The summed E-state index contributed by atoms with van der Waals surface area (Å²) in [6.45, 7) is 0. The second-order valence-electron chi connectivity index (χ2n) is 36.6. The summed E-state index contributed by atoms with van der Waals surface area (Å²) in [4.78, 5) is 9.49. The maximum absolute atomic E-state index is 4.83. The van der Waals surface area contributed by atoms with Crippen LogP contribution in [0.2, 0.25) is 0 Å². The average Bonchev–Trinajstić information content (AvgIpc) is 1.55. The Morgan fingerprint density at radius 2 is 0.390 bits per heavy atom. The van der Waals surface area contributed by atoms with Gasteiger partial charge in [-0.3, -0.25) is 9.55 Å². The minimum Gasteiger partial charge on any atom is -0.309 e. The van der Waals surface area contributed by atoms with Gasteiger partial charge in [-0.1, -0.05) is 267 Å². The first kappa shape index (κ1) is 80.1. The maximum atomic E-state index is 4.83. The number of hydrogen-bond acceptors (Lipinski definition) is 4. The number of rotatable bonds is 10. The van der Waals surface area contributed by atoms with Crippen molar-refractivity contribution in [1.29, 1.82) is 0 Å². The Morgan fingerprint density at radius 3 is 0.787 bits per heavy atom. The van der Waals surface area contributed by atoms with Gasteiger partial charge in [-0.2, -0.15) is 0 Å². The van der Waals surface area contributed by atoms with Crippen LogP contribution in [-0.2, 0) is 0 Å². The molecule has 0 aliphatic carbocycles. The molecule has 0 aliphatic heterocycles. The fourth-order valence-electron chi connectivity index (χ4n) is 22.9. The molecule has 0 aliphatic rings. The van der Waals surface area contributed by atoms with Crippen LogP contribution in [0, 0.1) is 0 Å². The number of fused-ring (bicyclic) bond motifs is 30. The molecule has 31 aromatic rings. The van der Waals surface area contributed by atoms with Crippen molar-refractivity contribution in [1.82, 2.24) is 41.9 Å². The van der Waals surface area contributed by atoms with Gasteiger partial charge in [0, 0.05) is 158 Å². The van der Waals surface area contributed by atoms with Crippen LogP contribution < -0.4 is 0 Å². The maximum Gasteiger partial charge on any atom is 0.145 e. The van der Waals surface area contributed by atoms with E-state index in [4.69, 9.17) is 4.98 Å². The van der Waals surface area contributed by atoms with E-state index in [9.17, 15) is 0 Å². The molecular weight excluding hydrogens is 1750 g/mol. The lowest BCUT2D eigenvalue weighted by molar-refractivity contribution is 1.14. The van der Waals surface area contributed by atoms with E-state index in [0.29, 0.717) is 0 Å². The van der Waals surface area contributed by atoms with Crippen molar-refractivity contribution in [2.45, 2.75) is 0 Å². The third-order valence-electron chi connectivity index (χ3n) is 28.9. The van der Waals surface area contributed by atoms with E-state index in [1.54, 1.807) is 0 Å². The molecule has 0 radical (unpaired) electrons. The van der Waals surface area contributed by atoms with Gasteiger partial charge in [-0.05, 0) is 246 Å². The van der Waals surface area contributed by atoms with Crippen LogP contribution in [0.5, 0.6) is 0 Å². The summed E-state index contributed by atoms with van der Waals surface area (Å²) in [5.41, 5.74) is 33.1. The van der Waals surface area contributed by atoms with Gasteiger partial charge in [0.15, 0.2) is 0 Å². The summed E-state index contributed by atoms with van der Waals surface area (Å²) in [6.07, 6.45) is 3.76. The van der Waals surface area contributed by atoms with E-state index < -0.39 is 0 Å². The molecule has 0 saturated carbocycles. The first-order chi connectivity index (χ1) is 70.0. The van der Waals surface area contributed by atoms with Crippen LogP contribution in [0.25, 0.3) is 266 Å². The smallest absolute Gasteiger partial charge is 0.145 e. The molecule has 9 nitrogen and oxygen atoms in total. The normalized spacial score (nSPS) is 12.0. The molecule has 0 unspecified atom stereocenters. The van der Waals surface area contributed by atoms with Gasteiger partial charge in [-0.15, -0.1) is 22.7 Å². The van der Waals surface area contributed by atoms with Crippen LogP contribution in [0.4, 0.5) is 0 Å². The van der Waals surface area contributed by atoms with Gasteiger partial charge in [0.25, 0.3) is 0 Å². The Bertz CT molecular complexity index is 10100. The molecule has 0 fully saturated rings. The fraction of sp³-hybridized carbons (Fsp3) is 0. The zero-order valence-corrected chi connectivity index (χ0v) is 77.7. The summed E-state index contributed by atoms with van der Waals surface area (Å²) >= 11 is 3.68. The number of para-hydroxylation sites is 10. The third-order valence-corrected chi connectivity index (χ3v) is 31.2. The molecule has 11 heteroatoms. The van der Waals surface area contributed by atoms with Gasteiger partial charge in [0.2, 0.25) is 0 Å². The van der Waals surface area contributed by atoms with Crippen molar-refractivity contribution >= 4 is 216 Å². The van der Waals surface area contributed by atoms with Crippen LogP contribution in [0.1, 0.15) is 0 Å². The minimum atomic E-state index is 0.967. The quantitative estimate of drug-likeness (QED) is 0.137. The van der Waals surface area contributed by atoms with Crippen molar-refractivity contribution in [3.05, 3.63) is 492 Å². The van der Waals surface area contributed by atoms with E-state index in [1.165, 1.54) is 222 Å². The Balaban J connectivity index is 0.000000102. The predicted octanol–water partition coefficient (Wildman–Crippen LogP) is 35.3. The molecule has 20 aromatic carbocycles. The molecular formula is C130H81N9S2. The van der Waals surface area contributed by atoms with Gasteiger partial charge in [-0.25, -0.2) is 4.98 Å². The molecule has 658 valence electrons. The SMILES string of the molecule is c1ccc(-n2c3ccccc3c3c4c5ccc(-c6ccc7c(c6)c6cccnc6n7-c6ccccc6)cc5n(-c5ccccc5)c4ccc32)cc1.c1ccc(-n2c3ccccc3c3c4c5ccc(-c6ccc7c(c6)sc6ccccc67)cc5n(-c5ccccc5)c4ccc32)cc1.c1ccc(-n2c3ccccc3c3c4c5ccc(-c6ccc7c(c6)sc6cccnc67)cc5n(-c5ccccc5)c4ccc32)cc1. The number of nitrogens with zero attached hydrogens (tertiary/aromatic N) is 9. The summed E-state index contributed by atoms with van der Waals surface area (Å²) in [6, 6.07) is 174. The largest absolute Gasteiger partial charge is 0.309 e. The van der Waals surface area contributed by atoms with Crippen LogP contribution >= 0.6 is 22.7 Å². The van der Waals surface area contributed by atoms with E-state index >= 15 is 0 Å². The van der Waals surface area contributed by atoms with Crippen molar-refractivity contribution in [2.75, 3.05) is 0 Å². The summed E-state index contributed by atoms with van der Waals surface area (Å²) in [5.74, 6) is 0. The van der Waals surface area contributed by atoms with E-state index in [1.807, 2.05) is 47.2 Å². The first-order valence-corrected chi connectivity index (χ1v) is 49.6. The Hall–Kier alpha value is -18.3. The van der Waals surface area contributed by atoms with E-state index in [0.717, 1.165) is 44.8 Å². The average molecular weight is 1830 g/mol. The van der Waals surface area contributed by atoms with Crippen molar-refractivity contribution in [2.24, 2.45) is 0 Å². The third kappa shape index (κ3) is 12.6. The van der Waals surface area contributed by atoms with E-state index in [2.05, 4.69) is 504 Å². The number of pyridine rings is 2. The van der Waals surface area contributed by atoms with Crippen molar-refractivity contribution in [3.63, 3.8) is 0 Å². The summed E-state index contributed by atoms with van der Waals surface area (Å²) < 4.78 is 21.9. The molecule has 0 atom stereocenters. The molecule has 141 heavy (non-hydrogen) atoms. The van der Waals surface area contributed by atoms with Crippen LogP contribution in [0.15, 0.2) is 492 Å². The first-order valence-electron chi connectivity index (χ1n) is 48.0. The minimum absolute atomic E-state index is 0.967. The number of benzene rings is 20. The molecule has 31 rings (SSSR count).